The molecule has 0 amide bonds. The first-order chi connectivity index (χ1) is 13.2. The molecule has 3 rings (SSSR count). The fraction of sp³-hybridized carbons (Fsp3) is 0.273. The van der Waals surface area contributed by atoms with Gasteiger partial charge in [-0.15, -0.1) is 24.0 Å². The van der Waals surface area contributed by atoms with Crippen molar-refractivity contribution in [3.8, 4) is 6.07 Å². The summed E-state index contributed by atoms with van der Waals surface area (Å²) in [5.74, 6) is 0.788. The van der Waals surface area contributed by atoms with Gasteiger partial charge in [-0.05, 0) is 49.1 Å². The normalized spacial score (nSPS) is 11.0. The largest absolute Gasteiger partial charge is 0.361 e. The van der Waals surface area contributed by atoms with Crippen molar-refractivity contribution in [1.29, 1.82) is 5.26 Å². The molecule has 0 bridgehead atoms. The third-order valence-electron chi connectivity index (χ3n) is 4.52. The van der Waals surface area contributed by atoms with E-state index in [4.69, 9.17) is 5.26 Å². The minimum Gasteiger partial charge on any atom is -0.361 e. The minimum absolute atomic E-state index is 0. The second-order valence-electron chi connectivity index (χ2n) is 6.50. The predicted molar refractivity (Wildman–Crippen MR) is 126 cm³/mol. The molecule has 0 spiro atoms. The number of para-hydroxylation sites is 1. The molecular weight excluding hydrogens is 461 g/mol. The number of aryl methyl sites for hydroxylation is 1. The topological polar surface area (TPSA) is 76.0 Å². The van der Waals surface area contributed by atoms with Gasteiger partial charge in [0.1, 0.15) is 0 Å². The Labute approximate surface area is 183 Å². The smallest absolute Gasteiger partial charge is 0.191 e. The van der Waals surface area contributed by atoms with Gasteiger partial charge in [-0.25, -0.2) is 4.99 Å². The highest BCUT2D eigenvalue weighted by Crippen LogP contribution is 2.21. The summed E-state index contributed by atoms with van der Waals surface area (Å²) in [4.78, 5) is 8.01. The van der Waals surface area contributed by atoms with E-state index in [-0.39, 0.29) is 24.0 Å². The number of rotatable bonds is 6. The van der Waals surface area contributed by atoms with E-state index in [1.165, 1.54) is 22.0 Å². The number of nitrogens with one attached hydrogen (secondary N) is 3. The van der Waals surface area contributed by atoms with E-state index in [0.717, 1.165) is 31.0 Å². The third-order valence-corrected chi connectivity index (χ3v) is 4.52. The van der Waals surface area contributed by atoms with Gasteiger partial charge in [0.2, 0.25) is 0 Å². The molecule has 3 N–H and O–H groups in total. The van der Waals surface area contributed by atoms with Crippen molar-refractivity contribution in [3.63, 3.8) is 0 Å². The van der Waals surface area contributed by atoms with Crippen LogP contribution < -0.4 is 10.6 Å². The summed E-state index contributed by atoms with van der Waals surface area (Å²) in [6, 6.07) is 16.1. The fourth-order valence-corrected chi connectivity index (χ4v) is 3.14. The lowest BCUT2D eigenvalue weighted by molar-refractivity contribution is 0.801. The maximum absolute atomic E-state index is 9.01. The van der Waals surface area contributed by atoms with Crippen molar-refractivity contribution in [2.75, 3.05) is 13.1 Å². The fourth-order valence-electron chi connectivity index (χ4n) is 3.14. The number of aliphatic imine (C=N–C) groups is 1. The molecule has 0 saturated heterocycles. The molecule has 0 fully saturated rings. The first-order valence-electron chi connectivity index (χ1n) is 9.28. The summed E-state index contributed by atoms with van der Waals surface area (Å²) in [6.45, 7) is 6.31. The number of benzene rings is 2. The highest BCUT2D eigenvalue weighted by atomic mass is 127. The molecule has 28 heavy (non-hydrogen) atoms. The van der Waals surface area contributed by atoms with Gasteiger partial charge in [-0.1, -0.05) is 30.3 Å². The van der Waals surface area contributed by atoms with Crippen molar-refractivity contribution in [1.82, 2.24) is 15.6 Å². The number of aromatic amines is 1. The Hall–Kier alpha value is -2.53. The van der Waals surface area contributed by atoms with Crippen LogP contribution in [-0.4, -0.2) is 24.0 Å². The maximum atomic E-state index is 9.01. The third kappa shape index (κ3) is 5.49. The molecule has 0 aliphatic carbocycles. The van der Waals surface area contributed by atoms with Gasteiger partial charge in [0.25, 0.3) is 0 Å². The Morgan fingerprint density at radius 3 is 2.79 bits per heavy atom. The zero-order valence-electron chi connectivity index (χ0n) is 16.2. The average molecular weight is 487 g/mol. The molecule has 0 unspecified atom stereocenters. The van der Waals surface area contributed by atoms with E-state index in [1.807, 2.05) is 18.2 Å². The van der Waals surface area contributed by atoms with E-state index < -0.39 is 0 Å². The molecule has 1 heterocycles. The summed E-state index contributed by atoms with van der Waals surface area (Å²) in [5.41, 5.74) is 5.47. The molecule has 0 saturated carbocycles. The number of hydrogen-bond donors (Lipinski definition) is 3. The first-order valence-corrected chi connectivity index (χ1v) is 9.28. The highest BCUT2D eigenvalue weighted by molar-refractivity contribution is 14.0. The van der Waals surface area contributed by atoms with E-state index >= 15 is 0 Å². The standard InChI is InChI=1S/C22H25N5.HI/c1-3-24-22(27-14-18-8-5-7-17(12-18)13-23)25-11-10-19-15-26-21-16(2)6-4-9-20(19)21;/h4-9,12,15,26H,3,10-11,14H2,1-2H3,(H2,24,25,27);1H. The van der Waals surface area contributed by atoms with Gasteiger partial charge in [-0.2, -0.15) is 5.26 Å². The molecule has 0 radical (unpaired) electrons. The van der Waals surface area contributed by atoms with Crippen LogP contribution in [0.1, 0.15) is 29.2 Å². The van der Waals surface area contributed by atoms with Crippen LogP contribution in [-0.2, 0) is 13.0 Å². The van der Waals surface area contributed by atoms with Crippen molar-refractivity contribution in [2.45, 2.75) is 26.8 Å². The number of guanidine groups is 1. The summed E-state index contributed by atoms with van der Waals surface area (Å²) in [5, 5.41) is 17.0. The zero-order chi connectivity index (χ0) is 19.1. The molecular formula is C22H26IN5. The van der Waals surface area contributed by atoms with Crippen molar-refractivity contribution < 1.29 is 0 Å². The Morgan fingerprint density at radius 1 is 1.18 bits per heavy atom. The maximum Gasteiger partial charge on any atom is 0.191 e. The van der Waals surface area contributed by atoms with Crippen molar-refractivity contribution >= 4 is 40.8 Å². The molecule has 5 nitrogen and oxygen atoms in total. The van der Waals surface area contributed by atoms with Crippen LogP contribution >= 0.6 is 24.0 Å². The SMILES string of the molecule is CCNC(=NCc1cccc(C#N)c1)NCCc1c[nH]c2c(C)cccc12.I. The van der Waals surface area contributed by atoms with Crippen LogP contribution in [0.3, 0.4) is 0 Å². The molecule has 1 aromatic heterocycles. The molecule has 0 atom stereocenters. The quantitative estimate of drug-likeness (QED) is 0.276. The van der Waals surface area contributed by atoms with Crippen LogP contribution in [0.15, 0.2) is 53.7 Å². The van der Waals surface area contributed by atoms with Crippen LogP contribution in [0.4, 0.5) is 0 Å². The van der Waals surface area contributed by atoms with E-state index in [2.05, 4.69) is 64.9 Å². The Bertz CT molecular complexity index is 984. The summed E-state index contributed by atoms with van der Waals surface area (Å²) in [7, 11) is 0. The number of nitrogens with zero attached hydrogens (tertiary/aromatic N) is 2. The van der Waals surface area contributed by atoms with Crippen LogP contribution in [0.25, 0.3) is 10.9 Å². The van der Waals surface area contributed by atoms with Crippen LogP contribution in [0.5, 0.6) is 0 Å². The number of halogens is 1. The number of fused-ring (bicyclic) bond motifs is 1. The number of hydrogen-bond acceptors (Lipinski definition) is 2. The average Bonchev–Trinajstić information content (AvgIpc) is 3.11. The van der Waals surface area contributed by atoms with Gasteiger partial charge in [0.15, 0.2) is 5.96 Å². The lowest BCUT2D eigenvalue weighted by atomic mass is 10.1. The lowest BCUT2D eigenvalue weighted by Gasteiger charge is -2.11. The second kappa shape index (κ2) is 10.7. The van der Waals surface area contributed by atoms with Gasteiger partial charge in [0, 0.05) is 30.2 Å². The van der Waals surface area contributed by atoms with Crippen molar-refractivity contribution in [2.24, 2.45) is 4.99 Å². The molecule has 6 heteroatoms. The summed E-state index contributed by atoms with van der Waals surface area (Å²) < 4.78 is 0. The molecule has 0 aliphatic heterocycles. The van der Waals surface area contributed by atoms with Crippen LogP contribution in [0.2, 0.25) is 0 Å². The van der Waals surface area contributed by atoms with Gasteiger partial charge >= 0.3 is 0 Å². The minimum atomic E-state index is 0. The molecule has 2 aromatic carbocycles. The first kappa shape index (κ1) is 21.8. The number of aromatic nitrogens is 1. The Morgan fingerprint density at radius 2 is 2.00 bits per heavy atom. The van der Waals surface area contributed by atoms with Crippen molar-refractivity contribution in [3.05, 3.63) is 70.9 Å². The highest BCUT2D eigenvalue weighted by Gasteiger charge is 2.05. The van der Waals surface area contributed by atoms with Gasteiger partial charge < -0.3 is 15.6 Å². The van der Waals surface area contributed by atoms with E-state index in [0.29, 0.717) is 12.1 Å². The second-order valence-corrected chi connectivity index (χ2v) is 6.50. The predicted octanol–water partition coefficient (Wildman–Crippen LogP) is 4.26. The van der Waals surface area contributed by atoms with Crippen LogP contribution in [0, 0.1) is 18.3 Å². The molecule has 146 valence electrons. The van der Waals surface area contributed by atoms with Gasteiger partial charge in [0.05, 0.1) is 18.2 Å². The molecule has 0 aliphatic rings. The molecule has 3 aromatic rings. The summed E-state index contributed by atoms with van der Waals surface area (Å²) >= 11 is 0. The monoisotopic (exact) mass is 487 g/mol. The zero-order valence-corrected chi connectivity index (χ0v) is 18.6. The van der Waals surface area contributed by atoms with E-state index in [1.54, 1.807) is 6.07 Å². The number of H-pyrrole nitrogens is 1. The Balaban J connectivity index is 0.00000280. The summed E-state index contributed by atoms with van der Waals surface area (Å²) in [6.07, 6.45) is 3.01. The number of nitriles is 1. The Kier molecular flexibility index (Phi) is 8.33. The lowest BCUT2D eigenvalue weighted by Crippen LogP contribution is -2.38. The van der Waals surface area contributed by atoms with E-state index in [9.17, 15) is 0 Å². The van der Waals surface area contributed by atoms with Gasteiger partial charge in [-0.3, -0.25) is 0 Å².